The summed E-state index contributed by atoms with van der Waals surface area (Å²) < 4.78 is 4.72. The molecule has 0 spiro atoms. The minimum absolute atomic E-state index is 0.174. The molecule has 1 rings (SSSR count). The first-order chi connectivity index (χ1) is 5.70. The Kier molecular flexibility index (Phi) is 2.95. The summed E-state index contributed by atoms with van der Waals surface area (Å²) >= 11 is 0. The highest BCUT2D eigenvalue weighted by molar-refractivity contribution is 5.68. The monoisotopic (exact) mass is 171 g/mol. The van der Waals surface area contributed by atoms with Gasteiger partial charge in [-0.25, -0.2) is 4.79 Å². The van der Waals surface area contributed by atoms with E-state index in [1.807, 2.05) is 4.90 Å². The molecule has 70 valence electrons. The summed E-state index contributed by atoms with van der Waals surface area (Å²) in [7, 11) is 1.44. The van der Waals surface area contributed by atoms with Crippen LogP contribution in [0, 0.1) is 0 Å². The number of carbonyl (C=O) groups excluding carboxylic acids is 1. The molecule has 1 amide bonds. The lowest BCUT2D eigenvalue weighted by molar-refractivity contribution is 0.105. The Hall–Kier alpha value is -0.730. The van der Waals surface area contributed by atoms with E-state index in [0.29, 0.717) is 12.1 Å². The van der Waals surface area contributed by atoms with E-state index >= 15 is 0 Å². The van der Waals surface area contributed by atoms with Crippen molar-refractivity contribution in [3.63, 3.8) is 0 Å². The highest BCUT2D eigenvalue weighted by Gasteiger charge is 2.33. The zero-order valence-electron chi connectivity index (χ0n) is 8.04. The normalized spacial score (nSPS) is 29.1. The standard InChI is InChI=1S/C9H17NO2/c1-4-8-6-5-7(2)10(8)9(11)12-3/h7-8H,4-6H2,1-3H3. The van der Waals surface area contributed by atoms with Crippen molar-refractivity contribution in [2.75, 3.05) is 7.11 Å². The van der Waals surface area contributed by atoms with Gasteiger partial charge in [0.05, 0.1) is 7.11 Å². The van der Waals surface area contributed by atoms with Crippen molar-refractivity contribution < 1.29 is 9.53 Å². The molecule has 1 fully saturated rings. The minimum atomic E-state index is -0.174. The van der Waals surface area contributed by atoms with Gasteiger partial charge in [-0.2, -0.15) is 0 Å². The summed E-state index contributed by atoms with van der Waals surface area (Å²) in [5, 5.41) is 0. The van der Waals surface area contributed by atoms with Crippen molar-refractivity contribution in [1.82, 2.24) is 4.90 Å². The predicted octanol–water partition coefficient (Wildman–Crippen LogP) is 2.02. The van der Waals surface area contributed by atoms with E-state index in [1.165, 1.54) is 7.11 Å². The molecule has 1 aliphatic heterocycles. The smallest absolute Gasteiger partial charge is 0.409 e. The Labute approximate surface area is 73.7 Å². The second-order valence-electron chi connectivity index (χ2n) is 3.37. The summed E-state index contributed by atoms with van der Waals surface area (Å²) in [6.07, 6.45) is 3.08. The Morgan fingerprint density at radius 3 is 2.75 bits per heavy atom. The van der Waals surface area contributed by atoms with Crippen molar-refractivity contribution in [1.29, 1.82) is 0 Å². The van der Waals surface area contributed by atoms with Gasteiger partial charge in [-0.1, -0.05) is 6.92 Å². The number of ether oxygens (including phenoxy) is 1. The van der Waals surface area contributed by atoms with Crippen LogP contribution >= 0.6 is 0 Å². The number of hydrogen-bond donors (Lipinski definition) is 0. The Morgan fingerprint density at radius 1 is 1.58 bits per heavy atom. The van der Waals surface area contributed by atoms with Crippen molar-refractivity contribution in [2.24, 2.45) is 0 Å². The fraction of sp³-hybridized carbons (Fsp3) is 0.889. The number of nitrogens with zero attached hydrogens (tertiary/aromatic N) is 1. The molecule has 2 atom stereocenters. The van der Waals surface area contributed by atoms with Crippen LogP contribution in [-0.4, -0.2) is 30.2 Å². The summed E-state index contributed by atoms with van der Waals surface area (Å²) in [4.78, 5) is 13.2. The molecule has 3 nitrogen and oxygen atoms in total. The minimum Gasteiger partial charge on any atom is -0.453 e. The first-order valence-electron chi connectivity index (χ1n) is 4.57. The molecule has 0 aromatic carbocycles. The zero-order chi connectivity index (χ0) is 9.14. The van der Waals surface area contributed by atoms with E-state index in [-0.39, 0.29) is 6.09 Å². The Bertz CT molecular complexity index is 170. The molecule has 1 heterocycles. The van der Waals surface area contributed by atoms with Crippen LogP contribution in [0.25, 0.3) is 0 Å². The molecule has 3 heteroatoms. The van der Waals surface area contributed by atoms with Gasteiger partial charge in [0, 0.05) is 12.1 Å². The van der Waals surface area contributed by atoms with Gasteiger partial charge in [0.15, 0.2) is 0 Å². The van der Waals surface area contributed by atoms with Gasteiger partial charge < -0.3 is 9.64 Å². The molecule has 2 unspecified atom stereocenters. The maximum absolute atomic E-state index is 11.3. The summed E-state index contributed by atoms with van der Waals surface area (Å²) in [5.74, 6) is 0. The number of methoxy groups -OCH3 is 1. The van der Waals surface area contributed by atoms with Gasteiger partial charge in [-0.15, -0.1) is 0 Å². The van der Waals surface area contributed by atoms with Crippen molar-refractivity contribution in [3.8, 4) is 0 Å². The van der Waals surface area contributed by atoms with Crippen LogP contribution in [0.3, 0.4) is 0 Å². The zero-order valence-corrected chi connectivity index (χ0v) is 8.04. The van der Waals surface area contributed by atoms with Crippen LogP contribution in [0.2, 0.25) is 0 Å². The molecular weight excluding hydrogens is 154 g/mol. The molecule has 12 heavy (non-hydrogen) atoms. The Balaban J connectivity index is 2.63. The maximum Gasteiger partial charge on any atom is 0.409 e. The van der Waals surface area contributed by atoms with Gasteiger partial charge in [-0.3, -0.25) is 0 Å². The maximum atomic E-state index is 11.3. The second kappa shape index (κ2) is 3.78. The van der Waals surface area contributed by atoms with Crippen LogP contribution in [0.4, 0.5) is 4.79 Å². The van der Waals surface area contributed by atoms with E-state index in [2.05, 4.69) is 13.8 Å². The quantitative estimate of drug-likeness (QED) is 0.604. The molecule has 0 aromatic heterocycles. The van der Waals surface area contributed by atoms with E-state index in [4.69, 9.17) is 4.74 Å². The summed E-state index contributed by atoms with van der Waals surface area (Å²) in [5.41, 5.74) is 0. The van der Waals surface area contributed by atoms with Crippen molar-refractivity contribution in [2.45, 2.75) is 45.2 Å². The molecule has 1 aliphatic rings. The lowest BCUT2D eigenvalue weighted by Crippen LogP contribution is -2.39. The topological polar surface area (TPSA) is 29.5 Å². The molecule has 0 bridgehead atoms. The fourth-order valence-electron chi connectivity index (χ4n) is 1.91. The number of carbonyl (C=O) groups is 1. The largest absolute Gasteiger partial charge is 0.453 e. The van der Waals surface area contributed by atoms with Crippen LogP contribution in [0.15, 0.2) is 0 Å². The van der Waals surface area contributed by atoms with E-state index in [9.17, 15) is 4.79 Å². The third-order valence-electron chi connectivity index (χ3n) is 2.64. The van der Waals surface area contributed by atoms with Gasteiger partial charge in [0.1, 0.15) is 0 Å². The molecule has 0 saturated carbocycles. The van der Waals surface area contributed by atoms with Gasteiger partial charge >= 0.3 is 6.09 Å². The number of hydrogen-bond acceptors (Lipinski definition) is 2. The van der Waals surface area contributed by atoms with E-state index < -0.39 is 0 Å². The number of rotatable bonds is 1. The molecule has 0 aliphatic carbocycles. The third kappa shape index (κ3) is 1.54. The average Bonchev–Trinajstić information content (AvgIpc) is 2.45. The molecule has 0 aromatic rings. The van der Waals surface area contributed by atoms with Gasteiger partial charge in [0.25, 0.3) is 0 Å². The summed E-state index contributed by atoms with van der Waals surface area (Å²) in [6, 6.07) is 0.745. The second-order valence-corrected chi connectivity index (χ2v) is 3.37. The molecule has 0 radical (unpaired) electrons. The van der Waals surface area contributed by atoms with Crippen LogP contribution in [-0.2, 0) is 4.74 Å². The fourth-order valence-corrected chi connectivity index (χ4v) is 1.91. The molecule has 0 N–H and O–H groups in total. The van der Waals surface area contributed by atoms with Crippen LogP contribution in [0.5, 0.6) is 0 Å². The first-order valence-corrected chi connectivity index (χ1v) is 4.57. The molecule has 1 saturated heterocycles. The van der Waals surface area contributed by atoms with Crippen LogP contribution in [0.1, 0.15) is 33.1 Å². The average molecular weight is 171 g/mol. The van der Waals surface area contributed by atoms with E-state index in [1.54, 1.807) is 0 Å². The molecular formula is C9H17NO2. The number of amides is 1. The van der Waals surface area contributed by atoms with E-state index in [0.717, 1.165) is 19.3 Å². The third-order valence-corrected chi connectivity index (χ3v) is 2.64. The highest BCUT2D eigenvalue weighted by Crippen LogP contribution is 2.26. The van der Waals surface area contributed by atoms with Gasteiger partial charge in [-0.05, 0) is 26.2 Å². The SMILES string of the molecule is CCC1CCC(C)N1C(=O)OC. The van der Waals surface area contributed by atoms with Crippen molar-refractivity contribution in [3.05, 3.63) is 0 Å². The Morgan fingerprint density at radius 2 is 2.25 bits per heavy atom. The number of likely N-dealkylation sites (tertiary alicyclic amines) is 1. The van der Waals surface area contributed by atoms with Gasteiger partial charge in [0.2, 0.25) is 0 Å². The van der Waals surface area contributed by atoms with Crippen molar-refractivity contribution >= 4 is 6.09 Å². The summed E-state index contributed by atoms with van der Waals surface area (Å²) in [6.45, 7) is 4.19. The first kappa shape index (κ1) is 9.36. The predicted molar refractivity (Wildman–Crippen MR) is 47.0 cm³/mol. The van der Waals surface area contributed by atoms with Crippen LogP contribution < -0.4 is 0 Å². The highest BCUT2D eigenvalue weighted by atomic mass is 16.5. The lowest BCUT2D eigenvalue weighted by Gasteiger charge is -2.25. The lowest BCUT2D eigenvalue weighted by atomic mass is 10.2.